The number of hydrogen-bond acceptors (Lipinski definition) is 3. The lowest BCUT2D eigenvalue weighted by Crippen LogP contribution is -2.50. The van der Waals surface area contributed by atoms with E-state index in [2.05, 4.69) is 27.7 Å². The number of para-hydroxylation sites is 2. The maximum atomic E-state index is 12.4. The second-order valence-corrected chi connectivity index (χ2v) is 5.80. The third kappa shape index (κ3) is 3.43. The highest BCUT2D eigenvalue weighted by Crippen LogP contribution is 2.30. The minimum absolute atomic E-state index is 0. The molecule has 0 saturated heterocycles. The van der Waals surface area contributed by atoms with Crippen LogP contribution in [0.5, 0.6) is 0 Å². The summed E-state index contributed by atoms with van der Waals surface area (Å²) in [6.45, 7) is 3.76. The Labute approximate surface area is 132 Å². The van der Waals surface area contributed by atoms with E-state index in [9.17, 15) is 4.79 Å². The molecule has 1 aliphatic carbocycles. The van der Waals surface area contributed by atoms with Gasteiger partial charge in [-0.15, -0.1) is 12.4 Å². The number of amides is 1. The number of hydrogen-bond donors (Lipinski definition) is 2. The number of halogens is 1. The maximum absolute atomic E-state index is 12.4. The van der Waals surface area contributed by atoms with Gasteiger partial charge in [0.05, 0.1) is 11.4 Å². The Morgan fingerprint density at radius 3 is 2.81 bits per heavy atom. The second-order valence-electron chi connectivity index (χ2n) is 5.80. The standard InChI is InChI=1S/C16H23N3O.ClH/c1-12(16(20)18-13-6-2-3-7-13)19-11-10-17-14-8-4-5-9-15(14)19;/h4-5,8-9,12-13,17H,2-3,6-7,10-11H2,1H3,(H,18,20);1H. The van der Waals surface area contributed by atoms with Gasteiger partial charge >= 0.3 is 0 Å². The highest BCUT2D eigenvalue weighted by atomic mass is 35.5. The first-order chi connectivity index (χ1) is 9.75. The van der Waals surface area contributed by atoms with E-state index in [4.69, 9.17) is 0 Å². The Hall–Kier alpha value is -1.42. The van der Waals surface area contributed by atoms with Crippen molar-refractivity contribution < 1.29 is 4.79 Å². The van der Waals surface area contributed by atoms with Gasteiger partial charge in [-0.2, -0.15) is 0 Å². The average Bonchev–Trinajstić information content (AvgIpc) is 2.99. The SMILES string of the molecule is CC(C(=O)NC1CCCC1)N1CCNc2ccccc21.Cl. The van der Waals surface area contributed by atoms with E-state index in [-0.39, 0.29) is 24.4 Å². The number of carbonyl (C=O) groups excluding carboxylic acids is 1. The molecular weight excluding hydrogens is 286 g/mol. The van der Waals surface area contributed by atoms with Crippen LogP contribution in [0.25, 0.3) is 0 Å². The normalized spacial score (nSPS) is 19.2. The van der Waals surface area contributed by atoms with Crippen LogP contribution in [0.15, 0.2) is 24.3 Å². The van der Waals surface area contributed by atoms with E-state index in [1.165, 1.54) is 12.8 Å². The zero-order valence-electron chi connectivity index (χ0n) is 12.5. The number of anilines is 2. The number of benzene rings is 1. The van der Waals surface area contributed by atoms with Gasteiger partial charge in [0.25, 0.3) is 0 Å². The van der Waals surface area contributed by atoms with Crippen molar-refractivity contribution in [2.24, 2.45) is 0 Å². The van der Waals surface area contributed by atoms with E-state index in [0.29, 0.717) is 6.04 Å². The molecule has 1 aliphatic heterocycles. The van der Waals surface area contributed by atoms with E-state index in [1.54, 1.807) is 0 Å². The van der Waals surface area contributed by atoms with Gasteiger partial charge in [0.2, 0.25) is 5.91 Å². The Morgan fingerprint density at radius 1 is 1.33 bits per heavy atom. The third-order valence-electron chi connectivity index (χ3n) is 4.43. The largest absolute Gasteiger partial charge is 0.382 e. The summed E-state index contributed by atoms with van der Waals surface area (Å²) >= 11 is 0. The molecule has 21 heavy (non-hydrogen) atoms. The van der Waals surface area contributed by atoms with Gasteiger partial charge in [0, 0.05) is 19.1 Å². The number of fused-ring (bicyclic) bond motifs is 1. The fourth-order valence-corrected chi connectivity index (χ4v) is 3.24. The molecule has 0 spiro atoms. The predicted octanol–water partition coefficient (Wildman–Crippen LogP) is 2.79. The molecule has 1 heterocycles. The van der Waals surface area contributed by atoms with Gasteiger partial charge in [-0.05, 0) is 31.9 Å². The highest BCUT2D eigenvalue weighted by Gasteiger charge is 2.27. The molecule has 2 aliphatic rings. The first-order valence-electron chi connectivity index (χ1n) is 7.65. The molecule has 1 aromatic rings. The molecule has 3 rings (SSSR count). The van der Waals surface area contributed by atoms with Crippen molar-refractivity contribution in [2.75, 3.05) is 23.3 Å². The number of nitrogens with one attached hydrogen (secondary N) is 2. The van der Waals surface area contributed by atoms with E-state index in [1.807, 2.05) is 19.1 Å². The van der Waals surface area contributed by atoms with Crippen LogP contribution in [0.1, 0.15) is 32.6 Å². The van der Waals surface area contributed by atoms with Crippen LogP contribution in [-0.2, 0) is 4.79 Å². The van der Waals surface area contributed by atoms with Crippen molar-refractivity contribution in [1.29, 1.82) is 0 Å². The van der Waals surface area contributed by atoms with Crippen molar-refractivity contribution in [2.45, 2.75) is 44.7 Å². The summed E-state index contributed by atoms with van der Waals surface area (Å²) in [7, 11) is 0. The third-order valence-corrected chi connectivity index (χ3v) is 4.43. The van der Waals surface area contributed by atoms with Crippen molar-refractivity contribution in [1.82, 2.24) is 5.32 Å². The molecule has 116 valence electrons. The fourth-order valence-electron chi connectivity index (χ4n) is 3.24. The summed E-state index contributed by atoms with van der Waals surface area (Å²) in [4.78, 5) is 14.6. The van der Waals surface area contributed by atoms with Gasteiger partial charge in [-0.25, -0.2) is 0 Å². The Morgan fingerprint density at radius 2 is 2.05 bits per heavy atom. The molecule has 1 unspecified atom stereocenters. The maximum Gasteiger partial charge on any atom is 0.242 e. The molecule has 1 amide bonds. The summed E-state index contributed by atoms with van der Waals surface area (Å²) in [5, 5.41) is 6.59. The monoisotopic (exact) mass is 309 g/mol. The van der Waals surface area contributed by atoms with Crippen molar-refractivity contribution >= 4 is 29.7 Å². The summed E-state index contributed by atoms with van der Waals surface area (Å²) in [5.41, 5.74) is 2.26. The van der Waals surface area contributed by atoms with Crippen LogP contribution in [0.2, 0.25) is 0 Å². The predicted molar refractivity (Wildman–Crippen MR) is 89.4 cm³/mol. The first-order valence-corrected chi connectivity index (χ1v) is 7.65. The minimum Gasteiger partial charge on any atom is -0.382 e. The lowest BCUT2D eigenvalue weighted by atomic mass is 10.1. The molecule has 4 nitrogen and oxygen atoms in total. The fraction of sp³-hybridized carbons (Fsp3) is 0.562. The Kier molecular flexibility index (Phi) is 5.34. The van der Waals surface area contributed by atoms with Crippen molar-refractivity contribution in [3.63, 3.8) is 0 Å². The summed E-state index contributed by atoms with van der Waals surface area (Å²) < 4.78 is 0. The van der Waals surface area contributed by atoms with Crippen LogP contribution in [0.4, 0.5) is 11.4 Å². The Balaban J connectivity index is 0.00000161. The van der Waals surface area contributed by atoms with Gasteiger partial charge < -0.3 is 15.5 Å². The summed E-state index contributed by atoms with van der Waals surface area (Å²) in [5.74, 6) is 0.161. The van der Waals surface area contributed by atoms with Crippen LogP contribution < -0.4 is 15.5 Å². The number of rotatable bonds is 3. The molecular formula is C16H24ClN3O. The minimum atomic E-state index is -0.112. The molecule has 1 saturated carbocycles. The second kappa shape index (κ2) is 7.03. The lowest BCUT2D eigenvalue weighted by molar-refractivity contribution is -0.122. The molecule has 1 aromatic carbocycles. The number of carbonyl (C=O) groups is 1. The smallest absolute Gasteiger partial charge is 0.242 e. The molecule has 1 fully saturated rings. The molecule has 5 heteroatoms. The van der Waals surface area contributed by atoms with Gasteiger partial charge in [-0.1, -0.05) is 25.0 Å². The highest BCUT2D eigenvalue weighted by molar-refractivity contribution is 5.87. The van der Waals surface area contributed by atoms with Crippen LogP contribution in [0, 0.1) is 0 Å². The summed E-state index contributed by atoms with van der Waals surface area (Å²) in [6.07, 6.45) is 4.76. The van der Waals surface area contributed by atoms with Crippen LogP contribution >= 0.6 is 12.4 Å². The van der Waals surface area contributed by atoms with Gasteiger partial charge in [0.15, 0.2) is 0 Å². The molecule has 1 atom stereocenters. The quantitative estimate of drug-likeness (QED) is 0.902. The molecule has 0 radical (unpaired) electrons. The molecule has 2 N–H and O–H groups in total. The molecule has 0 aromatic heterocycles. The summed E-state index contributed by atoms with van der Waals surface area (Å²) in [6, 6.07) is 8.49. The van der Waals surface area contributed by atoms with Crippen LogP contribution in [-0.4, -0.2) is 31.1 Å². The van der Waals surface area contributed by atoms with Gasteiger partial charge in [-0.3, -0.25) is 4.79 Å². The van der Waals surface area contributed by atoms with E-state index >= 15 is 0 Å². The topological polar surface area (TPSA) is 44.4 Å². The van der Waals surface area contributed by atoms with Crippen molar-refractivity contribution in [3.05, 3.63) is 24.3 Å². The zero-order valence-corrected chi connectivity index (χ0v) is 13.3. The Bertz CT molecular complexity index is 488. The number of nitrogens with zero attached hydrogens (tertiary/aromatic N) is 1. The van der Waals surface area contributed by atoms with Crippen molar-refractivity contribution in [3.8, 4) is 0 Å². The zero-order chi connectivity index (χ0) is 13.9. The van der Waals surface area contributed by atoms with E-state index < -0.39 is 0 Å². The van der Waals surface area contributed by atoms with E-state index in [0.717, 1.165) is 37.3 Å². The van der Waals surface area contributed by atoms with Gasteiger partial charge in [0.1, 0.15) is 6.04 Å². The lowest BCUT2D eigenvalue weighted by Gasteiger charge is -2.36. The van der Waals surface area contributed by atoms with Crippen LogP contribution in [0.3, 0.4) is 0 Å². The average molecular weight is 310 g/mol. The first kappa shape index (κ1) is 16.0. The molecule has 0 bridgehead atoms.